The molecule has 2 rings (SSSR count). The maximum atomic E-state index is 10.9. The van der Waals surface area contributed by atoms with Gasteiger partial charge in [-0.3, -0.25) is 4.79 Å². The molecular formula is C14H17NO2. The van der Waals surface area contributed by atoms with Crippen LogP contribution in [0.15, 0.2) is 30.5 Å². The summed E-state index contributed by atoms with van der Waals surface area (Å²) >= 11 is 0. The van der Waals surface area contributed by atoms with E-state index < -0.39 is 0 Å². The summed E-state index contributed by atoms with van der Waals surface area (Å²) in [5, 5.41) is 1.18. The molecule has 1 heterocycles. The molecule has 0 aliphatic heterocycles. The quantitative estimate of drug-likeness (QED) is 0.596. The lowest BCUT2D eigenvalue weighted by Gasteiger charge is -2.06. The zero-order chi connectivity index (χ0) is 12.3. The number of benzene rings is 1. The van der Waals surface area contributed by atoms with E-state index in [0.29, 0.717) is 5.75 Å². The lowest BCUT2D eigenvalue weighted by molar-refractivity contribution is -0.131. The summed E-state index contributed by atoms with van der Waals surface area (Å²) in [6, 6.07) is 7.82. The Balaban J connectivity index is 2.32. The monoisotopic (exact) mass is 231 g/mol. The highest BCUT2D eigenvalue weighted by molar-refractivity contribution is 5.82. The average molecular weight is 231 g/mol. The molecule has 1 aromatic carbocycles. The van der Waals surface area contributed by atoms with Gasteiger partial charge in [-0.15, -0.1) is 0 Å². The molecule has 0 bridgehead atoms. The maximum Gasteiger partial charge on any atom is 0.308 e. The van der Waals surface area contributed by atoms with Crippen molar-refractivity contribution in [3.05, 3.63) is 30.5 Å². The summed E-state index contributed by atoms with van der Waals surface area (Å²) in [4.78, 5) is 10.9. The molecule has 0 aliphatic carbocycles. The van der Waals surface area contributed by atoms with Crippen LogP contribution >= 0.6 is 0 Å². The predicted molar refractivity (Wildman–Crippen MR) is 68.2 cm³/mol. The molecule has 3 heteroatoms. The van der Waals surface area contributed by atoms with Gasteiger partial charge in [-0.25, -0.2) is 0 Å². The van der Waals surface area contributed by atoms with Crippen molar-refractivity contribution in [3.63, 3.8) is 0 Å². The number of rotatable bonds is 4. The number of aromatic nitrogens is 1. The van der Waals surface area contributed by atoms with Gasteiger partial charge in [-0.05, 0) is 30.0 Å². The van der Waals surface area contributed by atoms with Crippen LogP contribution in [0, 0.1) is 0 Å². The number of ether oxygens (including phenoxy) is 1. The molecular weight excluding hydrogens is 214 g/mol. The minimum Gasteiger partial charge on any atom is -0.427 e. The number of hydrogen-bond acceptors (Lipinski definition) is 2. The van der Waals surface area contributed by atoms with Crippen LogP contribution in [0.2, 0.25) is 0 Å². The molecule has 0 aliphatic rings. The molecule has 1 aromatic heterocycles. The summed E-state index contributed by atoms with van der Waals surface area (Å²) in [5.41, 5.74) is 1.12. The van der Waals surface area contributed by atoms with Gasteiger partial charge in [0.1, 0.15) is 5.75 Å². The predicted octanol–water partition coefficient (Wildman–Crippen LogP) is 3.37. The van der Waals surface area contributed by atoms with Gasteiger partial charge in [0.2, 0.25) is 0 Å². The van der Waals surface area contributed by atoms with Gasteiger partial charge in [0.15, 0.2) is 0 Å². The van der Waals surface area contributed by atoms with Crippen LogP contribution < -0.4 is 4.74 Å². The van der Waals surface area contributed by atoms with Crippen LogP contribution in [0.5, 0.6) is 5.75 Å². The van der Waals surface area contributed by atoms with E-state index in [-0.39, 0.29) is 5.97 Å². The molecule has 0 spiro atoms. The molecule has 0 amide bonds. The van der Waals surface area contributed by atoms with E-state index in [4.69, 9.17) is 4.74 Å². The minimum absolute atomic E-state index is 0.281. The Kier molecular flexibility index (Phi) is 3.47. The Labute approximate surface area is 101 Å². The largest absolute Gasteiger partial charge is 0.427 e. The first-order valence-corrected chi connectivity index (χ1v) is 5.98. The number of carbonyl (C=O) groups excluding carboxylic acids is 1. The van der Waals surface area contributed by atoms with E-state index in [1.807, 2.05) is 18.2 Å². The van der Waals surface area contributed by atoms with E-state index in [0.717, 1.165) is 18.5 Å². The van der Waals surface area contributed by atoms with E-state index in [2.05, 4.69) is 23.8 Å². The molecule has 3 nitrogen and oxygen atoms in total. The summed E-state index contributed by atoms with van der Waals surface area (Å²) in [6.45, 7) is 4.60. The van der Waals surface area contributed by atoms with Crippen LogP contribution in [0.25, 0.3) is 10.9 Å². The van der Waals surface area contributed by atoms with Crippen molar-refractivity contribution in [1.82, 2.24) is 4.57 Å². The molecule has 0 unspecified atom stereocenters. The molecule has 0 fully saturated rings. The van der Waals surface area contributed by atoms with Crippen molar-refractivity contribution in [2.24, 2.45) is 0 Å². The van der Waals surface area contributed by atoms with E-state index in [1.165, 1.54) is 18.7 Å². The highest BCUT2D eigenvalue weighted by Gasteiger charge is 2.04. The fourth-order valence-corrected chi connectivity index (χ4v) is 1.92. The standard InChI is InChI=1S/C14H17NO2/c1-3-4-8-15-9-7-12-5-6-13(10-14(12)15)17-11(2)16/h5-7,9-10H,3-4,8H2,1-2H3. The lowest BCUT2D eigenvalue weighted by atomic mass is 10.2. The smallest absolute Gasteiger partial charge is 0.308 e. The zero-order valence-corrected chi connectivity index (χ0v) is 10.3. The summed E-state index contributed by atoms with van der Waals surface area (Å²) < 4.78 is 7.30. The van der Waals surface area contributed by atoms with E-state index >= 15 is 0 Å². The van der Waals surface area contributed by atoms with Crippen LogP contribution in [0.4, 0.5) is 0 Å². The topological polar surface area (TPSA) is 31.2 Å². The molecule has 17 heavy (non-hydrogen) atoms. The van der Waals surface area contributed by atoms with Crippen LogP contribution in [-0.2, 0) is 11.3 Å². The summed E-state index contributed by atoms with van der Waals surface area (Å²) in [5.74, 6) is 0.331. The van der Waals surface area contributed by atoms with Gasteiger partial charge in [-0.1, -0.05) is 13.3 Å². The first-order valence-electron chi connectivity index (χ1n) is 5.98. The van der Waals surface area contributed by atoms with E-state index in [9.17, 15) is 4.79 Å². The van der Waals surface area contributed by atoms with Gasteiger partial charge in [0, 0.05) is 25.7 Å². The highest BCUT2D eigenvalue weighted by atomic mass is 16.5. The van der Waals surface area contributed by atoms with Crippen LogP contribution in [-0.4, -0.2) is 10.5 Å². The van der Waals surface area contributed by atoms with Gasteiger partial charge >= 0.3 is 5.97 Å². The lowest BCUT2D eigenvalue weighted by Crippen LogP contribution is -2.01. The van der Waals surface area contributed by atoms with Crippen molar-refractivity contribution in [1.29, 1.82) is 0 Å². The Morgan fingerprint density at radius 3 is 2.88 bits per heavy atom. The zero-order valence-electron chi connectivity index (χ0n) is 10.3. The number of fused-ring (bicyclic) bond motifs is 1. The van der Waals surface area contributed by atoms with Crippen molar-refractivity contribution >= 4 is 16.9 Å². The van der Waals surface area contributed by atoms with Crippen LogP contribution in [0.1, 0.15) is 26.7 Å². The second-order valence-electron chi connectivity index (χ2n) is 4.18. The second kappa shape index (κ2) is 5.04. The van der Waals surface area contributed by atoms with Gasteiger partial charge in [-0.2, -0.15) is 0 Å². The van der Waals surface area contributed by atoms with Gasteiger partial charge in [0.05, 0.1) is 5.52 Å². The number of nitrogens with zero attached hydrogens (tertiary/aromatic N) is 1. The molecule has 0 atom stereocenters. The number of aryl methyl sites for hydroxylation is 1. The second-order valence-corrected chi connectivity index (χ2v) is 4.18. The Bertz CT molecular complexity index is 528. The Morgan fingerprint density at radius 1 is 1.35 bits per heavy atom. The Morgan fingerprint density at radius 2 is 2.18 bits per heavy atom. The number of unbranched alkanes of at least 4 members (excludes halogenated alkanes) is 1. The fourth-order valence-electron chi connectivity index (χ4n) is 1.92. The fraction of sp³-hybridized carbons (Fsp3) is 0.357. The number of carbonyl (C=O) groups is 1. The van der Waals surface area contributed by atoms with Gasteiger partial charge < -0.3 is 9.30 Å². The highest BCUT2D eigenvalue weighted by Crippen LogP contribution is 2.22. The maximum absolute atomic E-state index is 10.9. The minimum atomic E-state index is -0.281. The molecule has 90 valence electrons. The number of esters is 1. The molecule has 0 N–H and O–H groups in total. The van der Waals surface area contributed by atoms with Crippen molar-refractivity contribution in [2.45, 2.75) is 33.2 Å². The van der Waals surface area contributed by atoms with Crippen molar-refractivity contribution in [3.8, 4) is 5.75 Å². The molecule has 0 radical (unpaired) electrons. The van der Waals surface area contributed by atoms with Crippen molar-refractivity contribution in [2.75, 3.05) is 0 Å². The van der Waals surface area contributed by atoms with E-state index in [1.54, 1.807) is 0 Å². The van der Waals surface area contributed by atoms with Crippen LogP contribution in [0.3, 0.4) is 0 Å². The SMILES string of the molecule is CCCCn1ccc2ccc(OC(C)=O)cc21. The third kappa shape index (κ3) is 2.67. The third-order valence-electron chi connectivity index (χ3n) is 2.76. The third-order valence-corrected chi connectivity index (χ3v) is 2.76. The first-order chi connectivity index (χ1) is 8.20. The first kappa shape index (κ1) is 11.7. The Hall–Kier alpha value is -1.77. The summed E-state index contributed by atoms with van der Waals surface area (Å²) in [7, 11) is 0. The molecule has 2 aromatic rings. The average Bonchev–Trinajstić information content (AvgIpc) is 2.68. The van der Waals surface area contributed by atoms with Crippen molar-refractivity contribution < 1.29 is 9.53 Å². The molecule has 0 saturated heterocycles. The summed E-state index contributed by atoms with van der Waals surface area (Å²) in [6.07, 6.45) is 4.41. The number of hydrogen-bond donors (Lipinski definition) is 0. The molecule has 0 saturated carbocycles. The normalized spacial score (nSPS) is 10.7. The van der Waals surface area contributed by atoms with Gasteiger partial charge in [0.25, 0.3) is 0 Å².